The maximum Gasteiger partial charge on any atom is 0.410 e. The van der Waals surface area contributed by atoms with Gasteiger partial charge in [-0.15, -0.1) is 0 Å². The van der Waals surface area contributed by atoms with E-state index < -0.39 is 5.60 Å². The molecule has 1 heterocycles. The number of esters is 1. The van der Waals surface area contributed by atoms with Gasteiger partial charge in [-0.1, -0.05) is 17.7 Å². The van der Waals surface area contributed by atoms with Crippen LogP contribution in [-0.4, -0.2) is 42.3 Å². The summed E-state index contributed by atoms with van der Waals surface area (Å²) in [6, 6.07) is 4.06. The number of hydrogen-bond acceptors (Lipinski definition) is 4. The molecule has 2 aliphatic rings. The fourth-order valence-electron chi connectivity index (χ4n) is 4.43. The first kappa shape index (κ1) is 21.0. The fourth-order valence-corrected chi connectivity index (χ4v) is 4.60. The summed E-state index contributed by atoms with van der Waals surface area (Å²) in [5.74, 6) is -0.476. The van der Waals surface area contributed by atoms with E-state index in [1.165, 1.54) is 5.56 Å². The molecule has 5 nitrogen and oxygen atoms in total. The van der Waals surface area contributed by atoms with Crippen LogP contribution in [0.2, 0.25) is 5.02 Å². The molecule has 0 N–H and O–H groups in total. The van der Waals surface area contributed by atoms with Crippen molar-refractivity contribution in [3.05, 3.63) is 33.8 Å². The van der Waals surface area contributed by atoms with E-state index in [-0.39, 0.29) is 23.4 Å². The quantitative estimate of drug-likeness (QED) is 0.649. The number of likely N-dealkylation sites (tertiary alicyclic amines) is 1. The summed E-state index contributed by atoms with van der Waals surface area (Å²) in [5, 5.41) is 0.677. The third-order valence-corrected chi connectivity index (χ3v) is 6.22. The monoisotopic (exact) mass is 407 g/mol. The van der Waals surface area contributed by atoms with Crippen LogP contribution in [0.1, 0.15) is 69.6 Å². The van der Waals surface area contributed by atoms with Gasteiger partial charge in [0, 0.05) is 23.5 Å². The molecule has 1 aromatic rings. The van der Waals surface area contributed by atoms with Crippen LogP contribution in [-0.2, 0) is 19.7 Å². The molecule has 154 valence electrons. The first-order chi connectivity index (χ1) is 13.1. The Hall–Kier alpha value is -1.75. The summed E-state index contributed by atoms with van der Waals surface area (Å²) in [4.78, 5) is 26.8. The number of carbonyl (C=O) groups excluding carboxylic acids is 2. The minimum absolute atomic E-state index is 0.124. The lowest BCUT2D eigenvalue weighted by Gasteiger charge is -2.40. The molecule has 1 fully saturated rings. The van der Waals surface area contributed by atoms with Gasteiger partial charge >= 0.3 is 12.1 Å². The zero-order valence-corrected chi connectivity index (χ0v) is 18.2. The van der Waals surface area contributed by atoms with E-state index in [0.717, 1.165) is 24.0 Å². The minimum Gasteiger partial charge on any atom is -0.466 e. The smallest absolute Gasteiger partial charge is 0.410 e. The highest BCUT2D eigenvalue weighted by molar-refractivity contribution is 6.31. The molecule has 0 bridgehead atoms. The lowest BCUT2D eigenvalue weighted by molar-refractivity contribution is -0.145. The number of nitrogens with zero attached hydrogens (tertiary/aromatic N) is 1. The molecule has 0 aromatic heterocycles. The predicted octanol–water partition coefficient (Wildman–Crippen LogP) is 4.97. The first-order valence-corrected chi connectivity index (χ1v) is 10.4. The summed E-state index contributed by atoms with van der Waals surface area (Å²) >= 11 is 6.37. The molecule has 1 saturated heterocycles. The standard InChI is InChI=1S/C22H30ClNO4/c1-6-27-19(25)16-13-22(17-11-14(2)18(23)12-15(16)17)7-9-24(10-8-22)20(26)28-21(3,4)5/h11-12,16H,6-10,13H2,1-5H3. The van der Waals surface area contributed by atoms with Crippen LogP contribution in [0.4, 0.5) is 4.79 Å². The number of benzene rings is 1. The van der Waals surface area contributed by atoms with Crippen LogP contribution < -0.4 is 0 Å². The zero-order chi connectivity index (χ0) is 20.7. The van der Waals surface area contributed by atoms with E-state index in [0.29, 0.717) is 31.1 Å². The van der Waals surface area contributed by atoms with Gasteiger partial charge in [-0.05, 0) is 76.6 Å². The lowest BCUT2D eigenvalue weighted by Crippen LogP contribution is -2.46. The third-order valence-electron chi connectivity index (χ3n) is 5.82. The van der Waals surface area contributed by atoms with Gasteiger partial charge in [-0.3, -0.25) is 4.79 Å². The Labute approximate surface area is 172 Å². The van der Waals surface area contributed by atoms with E-state index in [9.17, 15) is 9.59 Å². The predicted molar refractivity (Wildman–Crippen MR) is 109 cm³/mol. The molecular weight excluding hydrogens is 378 g/mol. The molecule has 0 radical (unpaired) electrons. The number of carbonyl (C=O) groups is 2. The van der Waals surface area contributed by atoms with E-state index >= 15 is 0 Å². The SMILES string of the molecule is CCOC(=O)C1CC2(CCN(C(=O)OC(C)(C)C)CC2)c2cc(C)c(Cl)cc21. The van der Waals surface area contributed by atoms with Gasteiger partial charge in [-0.25, -0.2) is 4.79 Å². The second kappa shape index (κ2) is 7.58. The average Bonchev–Trinajstić information content (AvgIpc) is 2.88. The number of rotatable bonds is 2. The Bertz CT molecular complexity index is 775. The van der Waals surface area contributed by atoms with Crippen molar-refractivity contribution in [2.75, 3.05) is 19.7 Å². The van der Waals surface area contributed by atoms with Crippen LogP contribution in [0, 0.1) is 6.92 Å². The van der Waals surface area contributed by atoms with Crippen molar-refractivity contribution in [1.82, 2.24) is 4.90 Å². The minimum atomic E-state index is -0.505. The molecule has 28 heavy (non-hydrogen) atoms. The number of ether oxygens (including phenoxy) is 2. The Morgan fingerprint density at radius 2 is 1.89 bits per heavy atom. The number of amides is 1. The van der Waals surface area contributed by atoms with Crippen LogP contribution >= 0.6 is 11.6 Å². The van der Waals surface area contributed by atoms with E-state index in [2.05, 4.69) is 6.07 Å². The van der Waals surface area contributed by atoms with E-state index in [4.69, 9.17) is 21.1 Å². The largest absolute Gasteiger partial charge is 0.466 e. The molecule has 1 aromatic carbocycles. The number of aryl methyl sites for hydroxylation is 1. The van der Waals surface area contributed by atoms with Gasteiger partial charge in [0.05, 0.1) is 12.5 Å². The van der Waals surface area contributed by atoms with Gasteiger partial charge in [-0.2, -0.15) is 0 Å². The van der Waals surface area contributed by atoms with Gasteiger partial charge < -0.3 is 14.4 Å². The lowest BCUT2D eigenvalue weighted by atomic mass is 9.73. The van der Waals surface area contributed by atoms with Crippen molar-refractivity contribution in [2.45, 2.75) is 70.8 Å². The van der Waals surface area contributed by atoms with Crippen LogP contribution in [0.25, 0.3) is 0 Å². The van der Waals surface area contributed by atoms with Gasteiger partial charge in [0.25, 0.3) is 0 Å². The van der Waals surface area contributed by atoms with Crippen molar-refractivity contribution in [3.63, 3.8) is 0 Å². The number of piperidine rings is 1. The van der Waals surface area contributed by atoms with Crippen molar-refractivity contribution in [1.29, 1.82) is 0 Å². The van der Waals surface area contributed by atoms with Crippen molar-refractivity contribution >= 4 is 23.7 Å². The van der Waals surface area contributed by atoms with Gasteiger partial charge in [0.1, 0.15) is 5.60 Å². The molecule has 3 rings (SSSR count). The molecular formula is C22H30ClNO4. The maximum atomic E-state index is 12.6. The van der Waals surface area contributed by atoms with Gasteiger partial charge in [0.2, 0.25) is 0 Å². The van der Waals surface area contributed by atoms with Crippen molar-refractivity contribution in [2.24, 2.45) is 0 Å². The molecule has 1 unspecified atom stereocenters. The molecule has 1 amide bonds. The Balaban J connectivity index is 1.85. The highest BCUT2D eigenvalue weighted by Crippen LogP contribution is 2.53. The Morgan fingerprint density at radius 3 is 2.46 bits per heavy atom. The van der Waals surface area contributed by atoms with Crippen molar-refractivity contribution < 1.29 is 19.1 Å². The van der Waals surface area contributed by atoms with Crippen LogP contribution in [0.15, 0.2) is 12.1 Å². The summed E-state index contributed by atoms with van der Waals surface area (Å²) in [7, 11) is 0. The molecule has 1 aliphatic carbocycles. The number of hydrogen-bond donors (Lipinski definition) is 0. The molecule has 1 atom stereocenters. The topological polar surface area (TPSA) is 55.8 Å². The Kier molecular flexibility index (Phi) is 5.68. The highest BCUT2D eigenvalue weighted by Gasteiger charge is 2.49. The fraction of sp³-hybridized carbons (Fsp3) is 0.636. The summed E-state index contributed by atoms with van der Waals surface area (Å²) in [6.45, 7) is 11.0. The maximum absolute atomic E-state index is 12.6. The van der Waals surface area contributed by atoms with Crippen molar-refractivity contribution in [3.8, 4) is 0 Å². The molecule has 1 spiro atoms. The molecule has 0 saturated carbocycles. The van der Waals surface area contributed by atoms with Crippen LogP contribution in [0.5, 0.6) is 0 Å². The molecule has 6 heteroatoms. The third kappa shape index (κ3) is 4.00. The second-order valence-electron chi connectivity index (χ2n) is 8.95. The average molecular weight is 408 g/mol. The number of halogens is 1. The summed E-state index contributed by atoms with van der Waals surface area (Å²) in [6.07, 6.45) is 2.05. The summed E-state index contributed by atoms with van der Waals surface area (Å²) < 4.78 is 10.9. The second-order valence-corrected chi connectivity index (χ2v) is 9.35. The first-order valence-electron chi connectivity index (χ1n) is 10.0. The van der Waals surface area contributed by atoms with E-state index in [1.807, 2.05) is 40.7 Å². The highest BCUT2D eigenvalue weighted by atomic mass is 35.5. The van der Waals surface area contributed by atoms with Gasteiger partial charge in [0.15, 0.2) is 0 Å². The number of fused-ring (bicyclic) bond motifs is 2. The zero-order valence-electron chi connectivity index (χ0n) is 17.4. The molecule has 1 aliphatic heterocycles. The summed E-state index contributed by atoms with van der Waals surface area (Å²) in [5.41, 5.74) is 2.56. The van der Waals surface area contributed by atoms with Crippen LogP contribution in [0.3, 0.4) is 0 Å². The Morgan fingerprint density at radius 1 is 1.25 bits per heavy atom. The van der Waals surface area contributed by atoms with E-state index in [1.54, 1.807) is 4.90 Å². The normalized spacial score (nSPS) is 20.8.